The Morgan fingerprint density at radius 3 is 2.67 bits per heavy atom. The molecular weight excluding hydrogens is 340 g/mol. The molecule has 0 spiro atoms. The fourth-order valence-corrected chi connectivity index (χ4v) is 4.52. The second kappa shape index (κ2) is 6.70. The third-order valence-corrected chi connectivity index (χ3v) is 6.33. The van der Waals surface area contributed by atoms with Gasteiger partial charge in [-0.05, 0) is 50.5 Å². The molecule has 0 amide bonds. The first-order chi connectivity index (χ1) is 11.5. The van der Waals surface area contributed by atoms with E-state index in [0.29, 0.717) is 16.3 Å². The van der Waals surface area contributed by atoms with Crippen molar-refractivity contribution in [2.75, 3.05) is 12.4 Å². The van der Waals surface area contributed by atoms with Crippen LogP contribution in [0.5, 0.6) is 0 Å². The number of thioether (sulfide) groups is 1. The van der Waals surface area contributed by atoms with E-state index in [4.69, 9.17) is 4.98 Å². The quantitative estimate of drug-likeness (QED) is 0.568. The topological polar surface area (TPSA) is 55.1 Å². The van der Waals surface area contributed by atoms with Gasteiger partial charge in [0.1, 0.15) is 4.83 Å². The van der Waals surface area contributed by atoms with Crippen molar-refractivity contribution in [3.63, 3.8) is 0 Å². The summed E-state index contributed by atoms with van der Waals surface area (Å²) >= 11 is 2.96. The lowest BCUT2D eigenvalue weighted by Gasteiger charge is -2.15. The third kappa shape index (κ3) is 2.79. The van der Waals surface area contributed by atoms with E-state index in [1.165, 1.54) is 11.8 Å². The number of benzene rings is 1. The maximum Gasteiger partial charge on any atom is 0.267 e. The van der Waals surface area contributed by atoms with Crippen molar-refractivity contribution in [3.8, 4) is 5.69 Å². The number of rotatable bonds is 4. The van der Waals surface area contributed by atoms with Crippen molar-refractivity contribution in [2.24, 2.45) is 0 Å². The molecule has 1 N–H and O–H groups in total. The van der Waals surface area contributed by atoms with Gasteiger partial charge >= 0.3 is 0 Å². The molecule has 6 heteroatoms. The van der Waals surface area contributed by atoms with Crippen LogP contribution in [0.3, 0.4) is 0 Å². The molecule has 0 atom stereocenters. The molecule has 24 heavy (non-hydrogen) atoms. The number of aliphatic hydroxyl groups is 1. The molecule has 0 aliphatic heterocycles. The van der Waals surface area contributed by atoms with E-state index in [-0.39, 0.29) is 12.2 Å². The second-order valence-corrected chi connectivity index (χ2v) is 8.05. The number of nitrogens with zero attached hydrogens (tertiary/aromatic N) is 2. The Kier molecular flexibility index (Phi) is 4.80. The van der Waals surface area contributed by atoms with Crippen LogP contribution < -0.4 is 5.56 Å². The van der Waals surface area contributed by atoms with E-state index in [1.54, 1.807) is 15.9 Å². The van der Waals surface area contributed by atoms with E-state index in [2.05, 4.69) is 0 Å². The van der Waals surface area contributed by atoms with Gasteiger partial charge in [0.05, 0.1) is 17.7 Å². The first-order valence-electron chi connectivity index (χ1n) is 7.78. The summed E-state index contributed by atoms with van der Waals surface area (Å²) in [5.74, 6) is 0.506. The largest absolute Gasteiger partial charge is 0.396 e. The van der Waals surface area contributed by atoms with Crippen LogP contribution in [0.25, 0.3) is 15.9 Å². The summed E-state index contributed by atoms with van der Waals surface area (Å²) in [4.78, 5) is 19.9. The summed E-state index contributed by atoms with van der Waals surface area (Å²) in [6.45, 7) is 8.10. The van der Waals surface area contributed by atoms with Gasteiger partial charge in [-0.25, -0.2) is 4.98 Å². The molecule has 0 bridgehead atoms. The molecule has 0 aliphatic carbocycles. The third-order valence-electron chi connectivity index (χ3n) is 4.31. The SMILES string of the molecule is Cc1cccc(-n2c(SCCO)nc3sc(C)c(C)c3c2=O)c1C. The number of fused-ring (bicyclic) bond motifs is 1. The minimum Gasteiger partial charge on any atom is -0.396 e. The van der Waals surface area contributed by atoms with Crippen molar-refractivity contribution < 1.29 is 5.11 Å². The van der Waals surface area contributed by atoms with Gasteiger partial charge < -0.3 is 5.11 Å². The van der Waals surface area contributed by atoms with Gasteiger partial charge in [0.15, 0.2) is 5.16 Å². The highest BCUT2D eigenvalue weighted by Gasteiger charge is 2.19. The highest BCUT2D eigenvalue weighted by Crippen LogP contribution is 2.30. The van der Waals surface area contributed by atoms with Gasteiger partial charge in [-0.15, -0.1) is 11.3 Å². The standard InChI is InChI=1S/C18H20N2O2S2/c1-10-6-5-7-14(11(10)2)20-17(22)15-12(3)13(4)24-16(15)19-18(20)23-9-8-21/h5-7,21H,8-9H2,1-4H3. The zero-order chi connectivity index (χ0) is 17.4. The Hall–Kier alpha value is -1.63. The van der Waals surface area contributed by atoms with Gasteiger partial charge in [-0.3, -0.25) is 9.36 Å². The fourth-order valence-electron chi connectivity index (χ4n) is 2.70. The highest BCUT2D eigenvalue weighted by atomic mass is 32.2. The second-order valence-electron chi connectivity index (χ2n) is 5.79. The Morgan fingerprint density at radius 2 is 1.96 bits per heavy atom. The van der Waals surface area contributed by atoms with Crippen LogP contribution in [0.4, 0.5) is 0 Å². The Bertz CT molecular complexity index is 973. The van der Waals surface area contributed by atoms with Crippen LogP contribution in [-0.2, 0) is 0 Å². The first-order valence-corrected chi connectivity index (χ1v) is 9.59. The van der Waals surface area contributed by atoms with E-state index < -0.39 is 0 Å². The predicted octanol–water partition coefficient (Wildman–Crippen LogP) is 3.77. The first kappa shape index (κ1) is 17.2. The molecule has 126 valence electrons. The van der Waals surface area contributed by atoms with Crippen molar-refractivity contribution in [3.05, 3.63) is 50.1 Å². The lowest BCUT2D eigenvalue weighted by Crippen LogP contribution is -2.22. The molecule has 4 nitrogen and oxygen atoms in total. The minimum atomic E-state index is -0.0315. The summed E-state index contributed by atoms with van der Waals surface area (Å²) in [7, 11) is 0. The number of aromatic nitrogens is 2. The van der Waals surface area contributed by atoms with Crippen molar-refractivity contribution in [1.82, 2.24) is 9.55 Å². The van der Waals surface area contributed by atoms with Crippen molar-refractivity contribution in [1.29, 1.82) is 0 Å². The van der Waals surface area contributed by atoms with Crippen LogP contribution in [0.15, 0.2) is 28.2 Å². The van der Waals surface area contributed by atoms with Crippen LogP contribution in [0.1, 0.15) is 21.6 Å². The molecule has 0 unspecified atom stereocenters. The molecule has 0 radical (unpaired) electrons. The molecule has 2 heterocycles. The summed E-state index contributed by atoms with van der Waals surface area (Å²) in [6, 6.07) is 5.95. The fraction of sp³-hybridized carbons (Fsp3) is 0.333. The van der Waals surface area contributed by atoms with E-state index in [0.717, 1.165) is 32.1 Å². The maximum atomic E-state index is 13.3. The summed E-state index contributed by atoms with van der Waals surface area (Å²) < 4.78 is 1.70. The summed E-state index contributed by atoms with van der Waals surface area (Å²) in [6.07, 6.45) is 0. The number of aliphatic hydroxyl groups excluding tert-OH is 1. The van der Waals surface area contributed by atoms with Gasteiger partial charge in [-0.2, -0.15) is 0 Å². The Balaban J connectivity index is 2.39. The molecule has 0 fully saturated rings. The smallest absolute Gasteiger partial charge is 0.267 e. The molecule has 1 aromatic carbocycles. The summed E-state index contributed by atoms with van der Waals surface area (Å²) in [5, 5.41) is 10.5. The number of hydrogen-bond donors (Lipinski definition) is 1. The highest BCUT2D eigenvalue weighted by molar-refractivity contribution is 7.99. The average Bonchev–Trinajstić information content (AvgIpc) is 2.83. The normalized spacial score (nSPS) is 11.4. The molecule has 3 aromatic rings. The van der Waals surface area contributed by atoms with Crippen molar-refractivity contribution >= 4 is 33.3 Å². The Labute approximate surface area is 149 Å². The van der Waals surface area contributed by atoms with Crippen LogP contribution in [-0.4, -0.2) is 27.0 Å². The average molecular weight is 361 g/mol. The van der Waals surface area contributed by atoms with Gasteiger partial charge in [0, 0.05) is 10.6 Å². The minimum absolute atomic E-state index is 0.0315. The number of thiophene rings is 1. The molecule has 0 aliphatic rings. The molecule has 0 saturated heterocycles. The molecular formula is C18H20N2O2S2. The van der Waals surface area contributed by atoms with E-state index >= 15 is 0 Å². The van der Waals surface area contributed by atoms with Crippen LogP contribution in [0.2, 0.25) is 0 Å². The predicted molar refractivity (Wildman–Crippen MR) is 102 cm³/mol. The Morgan fingerprint density at radius 1 is 1.21 bits per heavy atom. The zero-order valence-corrected chi connectivity index (χ0v) is 15.8. The van der Waals surface area contributed by atoms with E-state index in [9.17, 15) is 9.90 Å². The van der Waals surface area contributed by atoms with Crippen LogP contribution in [0, 0.1) is 27.7 Å². The van der Waals surface area contributed by atoms with Gasteiger partial charge in [-0.1, -0.05) is 23.9 Å². The monoisotopic (exact) mass is 360 g/mol. The van der Waals surface area contributed by atoms with E-state index in [1.807, 2.05) is 45.9 Å². The molecule has 0 saturated carbocycles. The van der Waals surface area contributed by atoms with Gasteiger partial charge in [0.2, 0.25) is 0 Å². The lowest BCUT2D eigenvalue weighted by atomic mass is 10.1. The summed E-state index contributed by atoms with van der Waals surface area (Å²) in [5.41, 5.74) is 4.03. The molecule has 2 aromatic heterocycles. The van der Waals surface area contributed by atoms with Gasteiger partial charge in [0.25, 0.3) is 5.56 Å². The lowest BCUT2D eigenvalue weighted by molar-refractivity contribution is 0.322. The number of hydrogen-bond acceptors (Lipinski definition) is 5. The maximum absolute atomic E-state index is 13.3. The number of aryl methyl sites for hydroxylation is 3. The zero-order valence-electron chi connectivity index (χ0n) is 14.2. The molecule has 3 rings (SSSR count). The van der Waals surface area contributed by atoms with Crippen molar-refractivity contribution in [2.45, 2.75) is 32.9 Å². The van der Waals surface area contributed by atoms with Crippen LogP contribution >= 0.6 is 23.1 Å².